The number of hydrogen-bond acceptors (Lipinski definition) is 5. The molecule has 5 nitrogen and oxygen atoms in total. The molecule has 0 aliphatic heterocycles. The average molecular weight is 216 g/mol. The van der Waals surface area contributed by atoms with Crippen LogP contribution in [0.3, 0.4) is 0 Å². The van der Waals surface area contributed by atoms with Crippen LogP contribution in [0.1, 0.15) is 6.92 Å². The smallest absolute Gasteiger partial charge is 0.748 e. The van der Waals surface area contributed by atoms with Crippen molar-refractivity contribution >= 4 is 16.1 Å². The van der Waals surface area contributed by atoms with Crippen LogP contribution >= 0.6 is 0 Å². The number of rotatable bonds is 0. The summed E-state index contributed by atoms with van der Waals surface area (Å²) in [6.45, 7) is 0.972. The molecule has 0 aromatic heterocycles. The van der Waals surface area contributed by atoms with Gasteiger partial charge >= 0.3 is 80.9 Å². The van der Waals surface area contributed by atoms with Crippen LogP contribution in [-0.2, 0) is 14.9 Å². The summed E-state index contributed by atoms with van der Waals surface area (Å²) in [5.74, 6) is -1.08. The Hall–Kier alpha value is 2.02. The summed E-state index contributed by atoms with van der Waals surface area (Å²) in [6.07, 6.45) is 0.604. The minimum Gasteiger partial charge on any atom is -0.748 e. The van der Waals surface area contributed by atoms with Gasteiger partial charge in [-0.3, -0.25) is 0 Å². The van der Waals surface area contributed by atoms with Gasteiger partial charge in [0.05, 0.1) is 10.1 Å². The summed E-state index contributed by atoms with van der Waals surface area (Å²) in [5, 5.41) is 8.89. The normalized spacial score (nSPS) is 7.55. The summed E-state index contributed by atoms with van der Waals surface area (Å²) < 4.78 is 27.2. The molecule has 0 heterocycles. The van der Waals surface area contributed by atoms with E-state index in [1.165, 1.54) is 0 Å². The summed E-state index contributed by atoms with van der Waals surface area (Å²) in [4.78, 5) is 8.89. The molecule has 0 aromatic rings. The molecule has 11 heavy (non-hydrogen) atoms. The van der Waals surface area contributed by atoms with E-state index < -0.39 is 16.1 Å². The SMILES string of the molecule is CC(=O)[O-].CS(=O)(=O)[O-].[K+].[Na+]. The van der Waals surface area contributed by atoms with Gasteiger partial charge in [0.15, 0.2) is 0 Å². The molecule has 56 valence electrons. The Bertz CT molecular complexity index is 164. The number of carboxylic acid groups (broad SMARTS) is 1. The van der Waals surface area contributed by atoms with Gasteiger partial charge in [0.2, 0.25) is 0 Å². The molecule has 0 radical (unpaired) electrons. The number of carboxylic acids is 1. The minimum absolute atomic E-state index is 0. The van der Waals surface area contributed by atoms with Gasteiger partial charge < -0.3 is 14.5 Å². The van der Waals surface area contributed by atoms with Crippen LogP contribution in [0.2, 0.25) is 0 Å². The first-order chi connectivity index (χ1) is 3.73. The van der Waals surface area contributed by atoms with Crippen molar-refractivity contribution in [2.45, 2.75) is 6.92 Å². The van der Waals surface area contributed by atoms with Crippen LogP contribution in [-0.4, -0.2) is 25.2 Å². The van der Waals surface area contributed by atoms with Crippen molar-refractivity contribution in [1.29, 1.82) is 0 Å². The monoisotopic (exact) mass is 216 g/mol. The summed E-state index contributed by atoms with van der Waals surface area (Å²) in [6, 6.07) is 0. The van der Waals surface area contributed by atoms with E-state index in [9.17, 15) is 0 Å². The van der Waals surface area contributed by atoms with Gasteiger partial charge in [0, 0.05) is 12.2 Å². The number of carbonyl (C=O) groups is 1. The van der Waals surface area contributed by atoms with E-state index in [-0.39, 0.29) is 80.9 Å². The predicted molar refractivity (Wildman–Crippen MR) is 26.3 cm³/mol. The fourth-order valence-electron chi connectivity index (χ4n) is 0. The first-order valence-electron chi connectivity index (χ1n) is 1.82. The molecule has 0 aliphatic carbocycles. The standard InChI is InChI=1S/C2H4O2.CH4O3S.K.Na/c1-2(3)4;1-5(2,3)4;;/h1H3,(H,3,4);1H3,(H,2,3,4);;/q;;2*+1/p-2. The Morgan fingerprint density at radius 2 is 1.36 bits per heavy atom. The predicted octanol–water partition coefficient (Wildman–Crippen LogP) is -8.07. The van der Waals surface area contributed by atoms with Crippen molar-refractivity contribution in [2.75, 3.05) is 6.26 Å². The third-order valence-corrected chi connectivity index (χ3v) is 0. The van der Waals surface area contributed by atoms with Gasteiger partial charge in [-0.1, -0.05) is 0 Å². The second-order valence-corrected chi connectivity index (χ2v) is 2.60. The largest absolute Gasteiger partial charge is 1.00 e. The van der Waals surface area contributed by atoms with Crippen LogP contribution in [0.4, 0.5) is 0 Å². The second kappa shape index (κ2) is 12.0. The van der Waals surface area contributed by atoms with E-state index >= 15 is 0 Å². The summed E-state index contributed by atoms with van der Waals surface area (Å²) >= 11 is 0. The third-order valence-electron chi connectivity index (χ3n) is 0. The van der Waals surface area contributed by atoms with Gasteiger partial charge in [0.25, 0.3) is 0 Å². The topological polar surface area (TPSA) is 97.3 Å². The molecule has 0 saturated heterocycles. The third kappa shape index (κ3) is 297. The van der Waals surface area contributed by atoms with Gasteiger partial charge in [-0.2, -0.15) is 0 Å². The molecule has 0 aromatic carbocycles. The Labute approximate surface area is 130 Å². The van der Waals surface area contributed by atoms with Crippen molar-refractivity contribution in [2.24, 2.45) is 0 Å². The van der Waals surface area contributed by atoms with E-state index in [1.807, 2.05) is 0 Å². The zero-order chi connectivity index (χ0) is 8.08. The molecule has 8 heteroatoms. The van der Waals surface area contributed by atoms with Gasteiger partial charge in [0.1, 0.15) is 0 Å². The van der Waals surface area contributed by atoms with Crippen molar-refractivity contribution in [3.05, 3.63) is 0 Å². The Morgan fingerprint density at radius 3 is 1.36 bits per heavy atom. The Kier molecular flexibility index (Phi) is 25.3. The van der Waals surface area contributed by atoms with Crippen LogP contribution in [0.25, 0.3) is 0 Å². The van der Waals surface area contributed by atoms with Crippen molar-refractivity contribution in [1.82, 2.24) is 0 Å². The van der Waals surface area contributed by atoms with Gasteiger partial charge in [-0.25, -0.2) is 8.42 Å². The van der Waals surface area contributed by atoms with Crippen LogP contribution in [0.5, 0.6) is 0 Å². The first-order valence-corrected chi connectivity index (χ1v) is 3.63. The molecule has 0 saturated carbocycles. The Balaban J connectivity index is -0.0000000383. The van der Waals surface area contributed by atoms with E-state index in [1.54, 1.807) is 0 Å². The van der Waals surface area contributed by atoms with Crippen molar-refractivity contribution in [3.63, 3.8) is 0 Å². The Morgan fingerprint density at radius 1 is 1.36 bits per heavy atom. The maximum absolute atomic E-state index is 9.08. The molecule has 0 N–H and O–H groups in total. The van der Waals surface area contributed by atoms with Crippen LogP contribution < -0.4 is 86.0 Å². The molecular weight excluding hydrogens is 210 g/mol. The maximum atomic E-state index is 9.08. The van der Waals surface area contributed by atoms with E-state index in [2.05, 4.69) is 0 Å². The second-order valence-electron chi connectivity index (χ2n) is 1.20. The molecule has 0 aliphatic rings. The van der Waals surface area contributed by atoms with Gasteiger partial charge in [-0.15, -0.1) is 0 Å². The van der Waals surface area contributed by atoms with Crippen LogP contribution in [0.15, 0.2) is 0 Å². The molecule has 0 spiro atoms. The maximum Gasteiger partial charge on any atom is 1.00 e. The van der Waals surface area contributed by atoms with Gasteiger partial charge in [-0.05, 0) is 6.92 Å². The van der Waals surface area contributed by atoms with Crippen molar-refractivity contribution < 1.29 is 104 Å². The molecular formula is C3H6KNaO5S. The molecule has 0 fully saturated rings. The van der Waals surface area contributed by atoms with Crippen molar-refractivity contribution in [3.8, 4) is 0 Å². The first kappa shape index (κ1) is 23.1. The van der Waals surface area contributed by atoms with Crippen LogP contribution in [0, 0.1) is 0 Å². The number of hydrogen-bond donors (Lipinski definition) is 0. The molecule has 0 atom stereocenters. The summed E-state index contributed by atoms with van der Waals surface area (Å²) in [5.41, 5.74) is 0. The quantitative estimate of drug-likeness (QED) is 0.296. The number of aliphatic carboxylic acids is 1. The minimum atomic E-state index is -3.92. The van der Waals surface area contributed by atoms with E-state index in [0.717, 1.165) is 6.92 Å². The fourth-order valence-corrected chi connectivity index (χ4v) is 0. The molecule has 0 bridgehead atoms. The summed E-state index contributed by atoms with van der Waals surface area (Å²) in [7, 11) is -3.92. The zero-order valence-electron chi connectivity index (χ0n) is 6.95. The molecule has 0 unspecified atom stereocenters. The van der Waals surface area contributed by atoms with E-state index in [0.29, 0.717) is 6.26 Å². The average Bonchev–Trinajstić information content (AvgIpc) is 1.19. The number of carbonyl (C=O) groups excluding carboxylic acids is 1. The van der Waals surface area contributed by atoms with E-state index in [4.69, 9.17) is 22.9 Å². The molecule has 0 amide bonds. The molecule has 0 rings (SSSR count). The fraction of sp³-hybridized carbons (Fsp3) is 0.667. The zero-order valence-corrected chi connectivity index (χ0v) is 12.9.